The van der Waals surface area contributed by atoms with Gasteiger partial charge in [0.05, 0.1) is 21.1 Å². The molecule has 0 unspecified atom stereocenters. The molecule has 0 aromatic carbocycles. The van der Waals surface area contributed by atoms with Crippen LogP contribution in [0.15, 0.2) is 0 Å². The predicted molar refractivity (Wildman–Crippen MR) is 177 cm³/mol. The molecule has 5 nitrogen and oxygen atoms in total. The highest BCUT2D eigenvalue weighted by Crippen LogP contribution is 2.30. The molecule has 0 N–H and O–H groups in total. The van der Waals surface area contributed by atoms with E-state index in [0.717, 1.165) is 38.5 Å². The molecule has 0 aliphatic carbocycles. The molecule has 0 saturated carbocycles. The molecule has 41 heavy (non-hydrogen) atoms. The number of hydrogen-bond donors (Lipinski definition) is 0. The van der Waals surface area contributed by atoms with Gasteiger partial charge in [-0.3, -0.25) is 19.3 Å². The first kappa shape index (κ1) is 40.5. The quantitative estimate of drug-likeness (QED) is 0.0347. The van der Waals surface area contributed by atoms with Gasteiger partial charge in [0.25, 0.3) is 0 Å². The van der Waals surface area contributed by atoms with Crippen LogP contribution in [0.25, 0.3) is 0 Å². The van der Waals surface area contributed by atoms with Gasteiger partial charge in [-0.05, 0) is 55.6 Å². The Morgan fingerprint density at radius 2 is 0.927 bits per heavy atom. The van der Waals surface area contributed by atoms with Crippen LogP contribution in [-0.2, 0) is 14.4 Å². The summed E-state index contributed by atoms with van der Waals surface area (Å²) in [7, 11) is 5.80. The van der Waals surface area contributed by atoms with Crippen molar-refractivity contribution in [2.75, 3.05) is 40.8 Å². The molecule has 1 atom stereocenters. The number of hydrogen-bond acceptors (Lipinski definition) is 4. The van der Waals surface area contributed by atoms with Crippen LogP contribution in [-0.4, -0.2) is 72.0 Å². The van der Waals surface area contributed by atoms with Crippen LogP contribution >= 0.6 is 23.2 Å². The molecule has 242 valence electrons. The Morgan fingerprint density at radius 1 is 0.585 bits per heavy atom. The molecule has 0 aliphatic heterocycles. The lowest BCUT2D eigenvalue weighted by atomic mass is 9.86. The molecule has 0 radical (unpaired) electrons. The maximum atomic E-state index is 13.8. The van der Waals surface area contributed by atoms with Crippen LogP contribution in [0.5, 0.6) is 0 Å². The van der Waals surface area contributed by atoms with E-state index in [1.165, 1.54) is 89.9 Å². The number of nitrogens with zero attached hydrogens (tertiary/aromatic N) is 2. The van der Waals surface area contributed by atoms with Crippen molar-refractivity contribution in [3.05, 3.63) is 0 Å². The van der Waals surface area contributed by atoms with E-state index in [1.807, 2.05) is 26.0 Å². The Morgan fingerprint density at radius 3 is 1.22 bits per heavy atom. The van der Waals surface area contributed by atoms with E-state index in [-0.39, 0.29) is 25.2 Å². The summed E-state index contributed by atoms with van der Waals surface area (Å²) in [5.41, 5.74) is -1.50. The SMILES string of the molecule is CCCCCCCCCCCCN(CCCCCCCCCCCC)[C@](CCC(=O)Cl)(C(=O)Cl)C(=O)C[N+](C)(C)C. The molecule has 0 heterocycles. The lowest BCUT2D eigenvalue weighted by Gasteiger charge is -2.41. The number of Topliss-reactive ketones (excluding diaryl/α,β-unsaturated/α-hetero) is 1. The molecule has 0 amide bonds. The topological polar surface area (TPSA) is 54.5 Å². The molecule has 0 spiro atoms. The Hall–Kier alpha value is -0.490. The van der Waals surface area contributed by atoms with Crippen molar-refractivity contribution in [1.29, 1.82) is 0 Å². The fraction of sp³-hybridized carbons (Fsp3) is 0.912. The van der Waals surface area contributed by atoms with Crippen LogP contribution in [0.4, 0.5) is 0 Å². The van der Waals surface area contributed by atoms with E-state index in [1.54, 1.807) is 0 Å². The molecular formula is C34H65Cl2N2O3+. The average Bonchev–Trinajstić information content (AvgIpc) is 2.89. The standard InChI is InChI=1S/C34H65Cl2N2O3/c1-6-8-10-12-14-16-18-20-22-24-28-37(29-25-23-21-19-17-15-13-11-9-7-2)34(33(36)41,27-26-32(35)40)31(39)30-38(3,4)5/h6-30H2,1-5H3/q+1/t34-/m0/s1. The first-order valence-corrected chi connectivity index (χ1v) is 17.7. The zero-order valence-corrected chi connectivity index (χ0v) is 29.1. The Bertz CT molecular complexity index is 672. The van der Waals surface area contributed by atoms with Crippen LogP contribution in [0.3, 0.4) is 0 Å². The number of carbonyl (C=O) groups excluding carboxylic acids is 3. The van der Waals surface area contributed by atoms with Gasteiger partial charge in [-0.2, -0.15) is 0 Å². The summed E-state index contributed by atoms with van der Waals surface area (Å²) in [5, 5.41) is -1.21. The normalized spacial score (nSPS) is 13.5. The highest BCUT2D eigenvalue weighted by atomic mass is 35.5. The van der Waals surface area contributed by atoms with Gasteiger partial charge in [-0.15, -0.1) is 0 Å². The van der Waals surface area contributed by atoms with Crippen molar-refractivity contribution in [3.8, 4) is 0 Å². The molecule has 0 aromatic rings. The average molecular weight is 621 g/mol. The smallest absolute Gasteiger partial charge is 0.249 e. The van der Waals surface area contributed by atoms with E-state index in [0.29, 0.717) is 17.6 Å². The zero-order valence-electron chi connectivity index (χ0n) is 27.6. The van der Waals surface area contributed by atoms with E-state index in [4.69, 9.17) is 23.2 Å². The van der Waals surface area contributed by atoms with Crippen molar-refractivity contribution < 1.29 is 18.9 Å². The lowest BCUT2D eigenvalue weighted by molar-refractivity contribution is -0.862. The van der Waals surface area contributed by atoms with Gasteiger partial charge in [-0.25, -0.2) is 0 Å². The monoisotopic (exact) mass is 619 g/mol. The summed E-state index contributed by atoms with van der Waals surface area (Å²) in [5.74, 6) is -0.206. The lowest BCUT2D eigenvalue weighted by Crippen LogP contribution is -2.62. The summed E-state index contributed by atoms with van der Waals surface area (Å²) in [6.07, 6.45) is 24.4. The van der Waals surface area contributed by atoms with Gasteiger partial charge in [0.2, 0.25) is 16.3 Å². The van der Waals surface area contributed by atoms with Gasteiger partial charge in [0, 0.05) is 6.42 Å². The molecule has 0 fully saturated rings. The molecule has 0 aromatic heterocycles. The van der Waals surface area contributed by atoms with Gasteiger partial charge in [-0.1, -0.05) is 129 Å². The van der Waals surface area contributed by atoms with Gasteiger partial charge >= 0.3 is 0 Å². The van der Waals surface area contributed by atoms with Gasteiger partial charge in [0.15, 0.2) is 5.54 Å². The summed E-state index contributed by atoms with van der Waals surface area (Å²) in [6, 6.07) is 0. The number of carbonyl (C=O) groups is 3. The summed E-state index contributed by atoms with van der Waals surface area (Å²) < 4.78 is 0.393. The summed E-state index contributed by atoms with van der Waals surface area (Å²) >= 11 is 12.0. The minimum Gasteiger partial charge on any atom is -0.325 e. The minimum absolute atomic E-state index is 0.0462. The number of ketones is 1. The summed E-state index contributed by atoms with van der Waals surface area (Å²) in [6.45, 7) is 5.92. The maximum Gasteiger partial charge on any atom is 0.249 e. The highest BCUT2D eigenvalue weighted by Gasteiger charge is 2.50. The third kappa shape index (κ3) is 20.2. The first-order valence-electron chi connectivity index (χ1n) is 17.0. The third-order valence-corrected chi connectivity index (χ3v) is 8.69. The van der Waals surface area contributed by atoms with Crippen molar-refractivity contribution >= 4 is 39.5 Å². The van der Waals surface area contributed by atoms with Crippen LogP contribution in [0.1, 0.15) is 155 Å². The van der Waals surface area contributed by atoms with E-state index < -0.39 is 16.0 Å². The third-order valence-electron chi connectivity index (χ3n) is 8.19. The molecular weight excluding hydrogens is 555 g/mol. The fourth-order valence-corrected chi connectivity index (χ4v) is 6.13. The van der Waals surface area contributed by atoms with Gasteiger partial charge in [0.1, 0.15) is 6.54 Å². The van der Waals surface area contributed by atoms with Crippen LogP contribution in [0.2, 0.25) is 0 Å². The van der Waals surface area contributed by atoms with Crippen LogP contribution in [0, 0.1) is 0 Å². The second kappa shape index (κ2) is 24.9. The predicted octanol–water partition coefficient (Wildman–Crippen LogP) is 9.46. The highest BCUT2D eigenvalue weighted by molar-refractivity contribution is 6.68. The maximum absolute atomic E-state index is 13.8. The van der Waals surface area contributed by atoms with Gasteiger partial charge < -0.3 is 4.48 Å². The Kier molecular flexibility index (Phi) is 24.6. The summed E-state index contributed by atoms with van der Waals surface area (Å²) in [4.78, 5) is 40.8. The molecule has 0 rings (SSSR count). The number of likely N-dealkylation sites (N-methyl/N-ethyl adjacent to an activating group) is 1. The Labute approximate surface area is 264 Å². The number of quaternary nitrogens is 1. The number of rotatable bonds is 30. The van der Waals surface area contributed by atoms with Crippen molar-refractivity contribution in [1.82, 2.24) is 4.90 Å². The number of unbranched alkanes of at least 4 members (excludes halogenated alkanes) is 18. The Balaban J connectivity index is 5.27. The van der Waals surface area contributed by atoms with Crippen molar-refractivity contribution in [2.24, 2.45) is 0 Å². The van der Waals surface area contributed by atoms with Crippen LogP contribution < -0.4 is 0 Å². The second-order valence-electron chi connectivity index (χ2n) is 13.2. The molecule has 7 heteroatoms. The van der Waals surface area contributed by atoms with Crippen molar-refractivity contribution in [3.63, 3.8) is 0 Å². The number of halogens is 2. The van der Waals surface area contributed by atoms with E-state index in [9.17, 15) is 14.4 Å². The van der Waals surface area contributed by atoms with E-state index >= 15 is 0 Å². The molecule has 0 bridgehead atoms. The minimum atomic E-state index is -1.50. The van der Waals surface area contributed by atoms with E-state index in [2.05, 4.69) is 13.8 Å². The molecule has 0 saturated heterocycles. The second-order valence-corrected chi connectivity index (χ2v) is 14.0. The van der Waals surface area contributed by atoms with Crippen molar-refractivity contribution in [2.45, 2.75) is 161 Å². The largest absolute Gasteiger partial charge is 0.325 e. The zero-order chi connectivity index (χ0) is 31.0. The fourth-order valence-electron chi connectivity index (χ4n) is 5.72. The first-order chi connectivity index (χ1) is 19.5. The molecule has 0 aliphatic rings.